The Morgan fingerprint density at radius 3 is 2.52 bits per heavy atom. The molecule has 8 heteroatoms. The molecule has 1 atom stereocenters. The third-order valence-corrected chi connectivity index (χ3v) is 5.28. The fourth-order valence-electron chi connectivity index (χ4n) is 2.69. The predicted octanol–water partition coefficient (Wildman–Crippen LogP) is 4.83. The largest absolute Gasteiger partial charge is 0.489 e. The van der Waals surface area contributed by atoms with Crippen LogP contribution >= 0.6 is 11.8 Å². The van der Waals surface area contributed by atoms with Crippen LogP contribution in [0.25, 0.3) is 11.5 Å². The molecule has 0 aliphatic rings. The molecule has 2 aromatic heterocycles. The van der Waals surface area contributed by atoms with Crippen LogP contribution in [0.3, 0.4) is 0 Å². The number of amides is 1. The van der Waals surface area contributed by atoms with Crippen molar-refractivity contribution < 1.29 is 13.9 Å². The molecule has 0 saturated heterocycles. The lowest BCUT2D eigenvalue weighted by molar-refractivity contribution is -0.115. The Bertz CT molecular complexity index is 1120. The summed E-state index contributed by atoms with van der Waals surface area (Å²) in [6.07, 6.45) is 3.31. The minimum atomic E-state index is -0.417. The van der Waals surface area contributed by atoms with Gasteiger partial charge in [-0.2, -0.15) is 0 Å². The Hall–Kier alpha value is -3.65. The van der Waals surface area contributed by atoms with Crippen LogP contribution in [0, 0.1) is 0 Å². The standard InChI is InChI=1S/C23H20N4O3S/c1-16(31-23-27-26-22(30-23)18-11-13-24-14-12-18)21(28)25-19-7-9-20(10-8-19)29-15-17-5-3-2-4-6-17/h2-14,16H,15H2,1H3,(H,25,28). The third-order valence-electron chi connectivity index (χ3n) is 4.35. The highest BCUT2D eigenvalue weighted by Gasteiger charge is 2.19. The van der Waals surface area contributed by atoms with E-state index in [-0.39, 0.29) is 5.91 Å². The molecule has 2 heterocycles. The summed E-state index contributed by atoms with van der Waals surface area (Å²) >= 11 is 1.20. The van der Waals surface area contributed by atoms with E-state index in [4.69, 9.17) is 9.15 Å². The predicted molar refractivity (Wildman–Crippen MR) is 119 cm³/mol. The number of rotatable bonds is 8. The summed E-state index contributed by atoms with van der Waals surface area (Å²) in [6, 6.07) is 20.8. The summed E-state index contributed by atoms with van der Waals surface area (Å²) in [5.74, 6) is 0.967. The quantitative estimate of drug-likeness (QED) is 0.399. The van der Waals surface area contributed by atoms with E-state index in [1.54, 1.807) is 31.5 Å². The van der Waals surface area contributed by atoms with Crippen LogP contribution in [0.1, 0.15) is 12.5 Å². The van der Waals surface area contributed by atoms with E-state index < -0.39 is 5.25 Å². The maximum atomic E-state index is 12.5. The Morgan fingerprint density at radius 1 is 1.03 bits per heavy atom. The molecule has 1 N–H and O–H groups in total. The van der Waals surface area contributed by atoms with Crippen molar-refractivity contribution in [1.82, 2.24) is 15.2 Å². The van der Waals surface area contributed by atoms with Crippen molar-refractivity contribution in [1.29, 1.82) is 0 Å². The molecular weight excluding hydrogens is 412 g/mol. The molecular formula is C23H20N4O3S. The van der Waals surface area contributed by atoms with Crippen LogP contribution in [-0.4, -0.2) is 26.3 Å². The zero-order valence-corrected chi connectivity index (χ0v) is 17.6. The van der Waals surface area contributed by atoms with Gasteiger partial charge in [0.05, 0.1) is 5.25 Å². The summed E-state index contributed by atoms with van der Waals surface area (Å²) in [4.78, 5) is 16.5. The molecule has 0 radical (unpaired) electrons. The van der Waals surface area contributed by atoms with Crippen LogP contribution < -0.4 is 10.1 Å². The average Bonchev–Trinajstić information content (AvgIpc) is 3.28. The van der Waals surface area contributed by atoms with E-state index in [0.717, 1.165) is 16.9 Å². The SMILES string of the molecule is CC(Sc1nnc(-c2ccncc2)o1)C(=O)Nc1ccc(OCc2ccccc2)cc1. The lowest BCUT2D eigenvalue weighted by Gasteiger charge is -2.11. The summed E-state index contributed by atoms with van der Waals surface area (Å²) in [5.41, 5.74) is 2.56. The number of aromatic nitrogens is 3. The van der Waals surface area contributed by atoms with Gasteiger partial charge in [0.15, 0.2) is 0 Å². The Kier molecular flexibility index (Phi) is 6.59. The first-order valence-corrected chi connectivity index (χ1v) is 10.5. The van der Waals surface area contributed by atoms with E-state index in [0.29, 0.717) is 23.4 Å². The Morgan fingerprint density at radius 2 is 1.77 bits per heavy atom. The van der Waals surface area contributed by atoms with Crippen molar-refractivity contribution in [2.45, 2.75) is 24.0 Å². The molecule has 1 unspecified atom stereocenters. The smallest absolute Gasteiger partial charge is 0.277 e. The maximum absolute atomic E-state index is 12.5. The second kappa shape index (κ2) is 9.90. The van der Waals surface area contributed by atoms with Crippen LogP contribution in [0.2, 0.25) is 0 Å². The first-order chi connectivity index (χ1) is 15.2. The highest BCUT2D eigenvalue weighted by Crippen LogP contribution is 2.26. The zero-order chi connectivity index (χ0) is 21.5. The van der Waals surface area contributed by atoms with Gasteiger partial charge in [-0.3, -0.25) is 9.78 Å². The number of pyridine rings is 1. The number of benzene rings is 2. The maximum Gasteiger partial charge on any atom is 0.277 e. The lowest BCUT2D eigenvalue weighted by Crippen LogP contribution is -2.22. The first-order valence-electron chi connectivity index (χ1n) is 9.65. The minimum Gasteiger partial charge on any atom is -0.489 e. The number of nitrogens with one attached hydrogen (secondary N) is 1. The average molecular weight is 433 g/mol. The fourth-order valence-corrected chi connectivity index (χ4v) is 3.38. The van der Waals surface area contributed by atoms with E-state index in [1.165, 1.54) is 11.8 Å². The summed E-state index contributed by atoms with van der Waals surface area (Å²) in [6.45, 7) is 2.28. The van der Waals surface area contributed by atoms with Crippen LogP contribution in [0.15, 0.2) is 88.8 Å². The molecule has 7 nitrogen and oxygen atoms in total. The molecule has 0 aliphatic carbocycles. The van der Waals surface area contributed by atoms with Crippen LogP contribution in [0.5, 0.6) is 5.75 Å². The number of hydrogen-bond acceptors (Lipinski definition) is 7. The molecule has 0 bridgehead atoms. The molecule has 0 spiro atoms. The molecule has 0 fully saturated rings. The van der Waals surface area contributed by atoms with Gasteiger partial charge in [0, 0.05) is 23.6 Å². The molecule has 4 rings (SSSR count). The number of carbonyl (C=O) groups excluding carboxylic acids is 1. The fraction of sp³-hybridized carbons (Fsp3) is 0.130. The highest BCUT2D eigenvalue weighted by atomic mass is 32.2. The van der Waals surface area contributed by atoms with Gasteiger partial charge in [-0.15, -0.1) is 10.2 Å². The molecule has 0 saturated carbocycles. The number of hydrogen-bond donors (Lipinski definition) is 1. The second-order valence-electron chi connectivity index (χ2n) is 6.66. The van der Waals surface area contributed by atoms with Crippen molar-refractivity contribution in [3.8, 4) is 17.2 Å². The third kappa shape index (κ3) is 5.70. The highest BCUT2D eigenvalue weighted by molar-refractivity contribution is 8.00. The van der Waals surface area contributed by atoms with Gasteiger partial charge in [0.25, 0.3) is 5.22 Å². The summed E-state index contributed by atoms with van der Waals surface area (Å²) in [7, 11) is 0. The number of anilines is 1. The van der Waals surface area contributed by atoms with Crippen molar-refractivity contribution in [2.75, 3.05) is 5.32 Å². The van der Waals surface area contributed by atoms with Gasteiger partial charge in [-0.25, -0.2) is 0 Å². The van der Waals surface area contributed by atoms with Crippen LogP contribution in [-0.2, 0) is 11.4 Å². The first kappa shape index (κ1) is 20.6. The molecule has 156 valence electrons. The Labute approximate surface area is 183 Å². The monoisotopic (exact) mass is 432 g/mol. The normalized spacial score (nSPS) is 11.6. The number of ether oxygens (including phenoxy) is 1. The van der Waals surface area contributed by atoms with Gasteiger partial charge in [-0.1, -0.05) is 42.1 Å². The van der Waals surface area contributed by atoms with Gasteiger partial charge in [0.2, 0.25) is 11.8 Å². The van der Waals surface area contributed by atoms with Gasteiger partial charge in [-0.05, 0) is 48.9 Å². The van der Waals surface area contributed by atoms with Gasteiger partial charge >= 0.3 is 0 Å². The Balaban J connectivity index is 1.29. The van der Waals surface area contributed by atoms with Crippen LogP contribution in [0.4, 0.5) is 5.69 Å². The van der Waals surface area contributed by atoms with E-state index in [1.807, 2.05) is 54.6 Å². The number of carbonyl (C=O) groups is 1. The summed E-state index contributed by atoms with van der Waals surface area (Å²) in [5, 5.41) is 10.8. The molecule has 1 amide bonds. The summed E-state index contributed by atoms with van der Waals surface area (Å²) < 4.78 is 11.4. The molecule has 31 heavy (non-hydrogen) atoms. The molecule has 0 aliphatic heterocycles. The number of thioether (sulfide) groups is 1. The van der Waals surface area contributed by atoms with Crippen molar-refractivity contribution in [3.63, 3.8) is 0 Å². The van der Waals surface area contributed by atoms with Gasteiger partial charge < -0.3 is 14.5 Å². The van der Waals surface area contributed by atoms with E-state index in [9.17, 15) is 4.79 Å². The zero-order valence-electron chi connectivity index (χ0n) is 16.8. The van der Waals surface area contributed by atoms with Crippen molar-refractivity contribution >= 4 is 23.4 Å². The van der Waals surface area contributed by atoms with Gasteiger partial charge in [0.1, 0.15) is 12.4 Å². The lowest BCUT2D eigenvalue weighted by atomic mass is 10.2. The minimum absolute atomic E-state index is 0.161. The van der Waals surface area contributed by atoms with E-state index >= 15 is 0 Å². The number of nitrogens with zero attached hydrogens (tertiary/aromatic N) is 3. The molecule has 4 aromatic rings. The topological polar surface area (TPSA) is 90.1 Å². The molecule has 2 aromatic carbocycles. The van der Waals surface area contributed by atoms with Crippen molar-refractivity contribution in [3.05, 3.63) is 84.7 Å². The van der Waals surface area contributed by atoms with Crippen molar-refractivity contribution in [2.24, 2.45) is 0 Å². The second-order valence-corrected chi connectivity index (χ2v) is 7.95. The van der Waals surface area contributed by atoms with E-state index in [2.05, 4.69) is 20.5 Å².